The first kappa shape index (κ1) is 24.6. The molecule has 0 aliphatic carbocycles. The Morgan fingerprint density at radius 3 is 2.25 bits per heavy atom. The van der Waals surface area contributed by atoms with Crippen molar-refractivity contribution in [2.45, 2.75) is 43.5 Å². The summed E-state index contributed by atoms with van der Waals surface area (Å²) in [4.78, 5) is 25.6. The molecule has 0 spiro atoms. The molecular formula is C19H30ClN3O4S. The number of hydrogen-bond donors (Lipinski definition) is 1. The first-order valence-corrected chi connectivity index (χ1v) is 10.7. The molecule has 28 heavy (non-hydrogen) atoms. The number of hydrogen-bond acceptors (Lipinski definition) is 5. The van der Waals surface area contributed by atoms with Gasteiger partial charge < -0.3 is 10.2 Å². The van der Waals surface area contributed by atoms with E-state index >= 15 is 0 Å². The third kappa shape index (κ3) is 6.27. The van der Waals surface area contributed by atoms with E-state index in [1.54, 1.807) is 0 Å². The summed E-state index contributed by atoms with van der Waals surface area (Å²) >= 11 is 0. The highest BCUT2D eigenvalue weighted by molar-refractivity contribution is 7.89. The number of nitrogens with zero attached hydrogens (tertiary/aromatic N) is 2. The van der Waals surface area contributed by atoms with Crippen LogP contribution in [-0.2, 0) is 14.8 Å². The molecule has 0 saturated carbocycles. The number of amides is 1. The Morgan fingerprint density at radius 1 is 1.18 bits per heavy atom. The van der Waals surface area contributed by atoms with Crippen LogP contribution in [0.2, 0.25) is 0 Å². The maximum atomic E-state index is 12.6. The Labute approximate surface area is 173 Å². The molecule has 0 atom stereocenters. The van der Waals surface area contributed by atoms with Crippen molar-refractivity contribution in [3.05, 3.63) is 29.8 Å². The predicted molar refractivity (Wildman–Crippen MR) is 111 cm³/mol. The molecular weight excluding hydrogens is 402 g/mol. The number of piperidine rings is 1. The normalized spacial score (nSPS) is 15.4. The lowest BCUT2D eigenvalue weighted by atomic mass is 10.0. The molecule has 2 rings (SSSR count). The fourth-order valence-electron chi connectivity index (χ4n) is 3.19. The predicted octanol–water partition coefficient (Wildman–Crippen LogP) is 1.92. The van der Waals surface area contributed by atoms with Gasteiger partial charge in [-0.25, -0.2) is 12.7 Å². The van der Waals surface area contributed by atoms with Crippen LogP contribution in [0.1, 0.15) is 43.0 Å². The third-order valence-electron chi connectivity index (χ3n) is 5.09. The highest BCUT2D eigenvalue weighted by Gasteiger charge is 2.23. The standard InChI is InChI=1S/C19H29N3O4S.ClH/c1-15(23)16-6-8-18(9-7-16)27(25,26)21(3)12-4-5-19(24)22-13-10-17(20-2)11-14-22;/h6-9,17,20H,4-5,10-14H2,1-3H3;1H. The summed E-state index contributed by atoms with van der Waals surface area (Å²) in [5.74, 6) is -0.0225. The van der Waals surface area contributed by atoms with Crippen LogP contribution in [0.4, 0.5) is 0 Å². The number of carbonyl (C=O) groups is 2. The second kappa shape index (κ2) is 10.9. The minimum Gasteiger partial charge on any atom is -0.343 e. The van der Waals surface area contributed by atoms with Crippen LogP contribution in [0.3, 0.4) is 0 Å². The van der Waals surface area contributed by atoms with Crippen molar-refractivity contribution in [3.63, 3.8) is 0 Å². The van der Waals surface area contributed by atoms with E-state index in [0.29, 0.717) is 24.4 Å². The molecule has 1 aliphatic rings. The van der Waals surface area contributed by atoms with Crippen molar-refractivity contribution >= 4 is 34.1 Å². The van der Waals surface area contributed by atoms with Gasteiger partial charge in [-0.3, -0.25) is 9.59 Å². The largest absolute Gasteiger partial charge is 0.343 e. The quantitative estimate of drug-likeness (QED) is 0.635. The lowest BCUT2D eigenvalue weighted by Crippen LogP contribution is -2.44. The lowest BCUT2D eigenvalue weighted by molar-refractivity contribution is -0.132. The molecule has 0 radical (unpaired) electrons. The van der Waals surface area contributed by atoms with Gasteiger partial charge in [0.15, 0.2) is 5.78 Å². The molecule has 1 aliphatic heterocycles. The van der Waals surface area contributed by atoms with Gasteiger partial charge in [0.25, 0.3) is 0 Å². The molecule has 1 aromatic rings. The van der Waals surface area contributed by atoms with E-state index in [2.05, 4.69) is 5.32 Å². The fraction of sp³-hybridized carbons (Fsp3) is 0.579. The Balaban J connectivity index is 0.00000392. The van der Waals surface area contributed by atoms with Gasteiger partial charge in [0, 0.05) is 44.7 Å². The molecule has 1 N–H and O–H groups in total. The Morgan fingerprint density at radius 2 is 1.75 bits per heavy atom. The van der Waals surface area contributed by atoms with E-state index in [1.165, 1.54) is 42.5 Å². The van der Waals surface area contributed by atoms with Crippen LogP contribution in [0.5, 0.6) is 0 Å². The molecule has 1 fully saturated rings. The van der Waals surface area contributed by atoms with Gasteiger partial charge in [-0.15, -0.1) is 12.4 Å². The summed E-state index contributed by atoms with van der Waals surface area (Å²) in [6.45, 7) is 3.21. The number of benzene rings is 1. The van der Waals surface area contributed by atoms with Crippen LogP contribution in [0.25, 0.3) is 0 Å². The maximum absolute atomic E-state index is 12.6. The number of rotatable bonds is 8. The Hall–Kier alpha value is -1.48. The van der Waals surface area contributed by atoms with Crippen molar-refractivity contribution in [2.24, 2.45) is 0 Å². The number of likely N-dealkylation sites (tertiary alicyclic amines) is 1. The molecule has 1 aromatic carbocycles. The SMILES string of the molecule is CNC1CCN(C(=O)CCCN(C)S(=O)(=O)c2ccc(C(C)=O)cc2)CC1.Cl. The summed E-state index contributed by atoms with van der Waals surface area (Å²) in [5, 5.41) is 3.23. The maximum Gasteiger partial charge on any atom is 0.242 e. The van der Waals surface area contributed by atoms with E-state index in [0.717, 1.165) is 25.9 Å². The minimum atomic E-state index is -3.63. The number of ketones is 1. The van der Waals surface area contributed by atoms with Crippen molar-refractivity contribution in [1.29, 1.82) is 0 Å². The van der Waals surface area contributed by atoms with Crippen LogP contribution in [0, 0.1) is 0 Å². The van der Waals surface area contributed by atoms with Crippen LogP contribution >= 0.6 is 12.4 Å². The monoisotopic (exact) mass is 431 g/mol. The summed E-state index contributed by atoms with van der Waals surface area (Å²) in [6.07, 6.45) is 2.72. The van der Waals surface area contributed by atoms with E-state index < -0.39 is 10.0 Å². The van der Waals surface area contributed by atoms with Crippen LogP contribution in [-0.4, -0.2) is 69.1 Å². The molecule has 1 saturated heterocycles. The average molecular weight is 432 g/mol. The van der Waals surface area contributed by atoms with Gasteiger partial charge in [-0.2, -0.15) is 0 Å². The van der Waals surface area contributed by atoms with Gasteiger partial charge in [0.1, 0.15) is 0 Å². The van der Waals surface area contributed by atoms with Gasteiger partial charge in [0.05, 0.1) is 4.90 Å². The highest BCUT2D eigenvalue weighted by atomic mass is 35.5. The van der Waals surface area contributed by atoms with E-state index in [1.807, 2.05) is 11.9 Å². The van der Waals surface area contributed by atoms with Crippen molar-refractivity contribution in [3.8, 4) is 0 Å². The zero-order valence-corrected chi connectivity index (χ0v) is 18.3. The second-order valence-corrected chi connectivity index (χ2v) is 9.00. The van der Waals surface area contributed by atoms with Gasteiger partial charge in [-0.1, -0.05) is 12.1 Å². The zero-order chi connectivity index (χ0) is 20.0. The second-order valence-electron chi connectivity index (χ2n) is 6.95. The first-order chi connectivity index (χ1) is 12.8. The number of sulfonamides is 1. The Kier molecular flexibility index (Phi) is 9.56. The number of Topliss-reactive ketones (excluding diaryl/α,β-unsaturated/α-hetero) is 1. The van der Waals surface area contributed by atoms with Gasteiger partial charge in [0.2, 0.25) is 15.9 Å². The summed E-state index contributed by atoms with van der Waals surface area (Å²) in [6, 6.07) is 6.39. The molecule has 7 nitrogen and oxygen atoms in total. The number of nitrogens with one attached hydrogen (secondary N) is 1. The zero-order valence-electron chi connectivity index (χ0n) is 16.7. The van der Waals surface area contributed by atoms with Crippen molar-refractivity contribution in [1.82, 2.24) is 14.5 Å². The molecule has 158 valence electrons. The lowest BCUT2D eigenvalue weighted by Gasteiger charge is -2.32. The molecule has 1 amide bonds. The molecule has 9 heteroatoms. The first-order valence-electron chi connectivity index (χ1n) is 9.28. The molecule has 1 heterocycles. The van der Waals surface area contributed by atoms with E-state index in [-0.39, 0.29) is 35.5 Å². The molecule has 0 unspecified atom stereocenters. The molecule has 0 aromatic heterocycles. The van der Waals surface area contributed by atoms with E-state index in [4.69, 9.17) is 0 Å². The number of halogens is 1. The highest BCUT2D eigenvalue weighted by Crippen LogP contribution is 2.17. The average Bonchev–Trinajstić information content (AvgIpc) is 2.67. The van der Waals surface area contributed by atoms with Gasteiger partial charge >= 0.3 is 0 Å². The van der Waals surface area contributed by atoms with Crippen molar-refractivity contribution < 1.29 is 18.0 Å². The van der Waals surface area contributed by atoms with E-state index in [9.17, 15) is 18.0 Å². The number of carbonyl (C=O) groups excluding carboxylic acids is 2. The third-order valence-corrected chi connectivity index (χ3v) is 6.96. The van der Waals surface area contributed by atoms with Crippen LogP contribution < -0.4 is 5.32 Å². The smallest absolute Gasteiger partial charge is 0.242 e. The van der Waals surface area contributed by atoms with Gasteiger partial charge in [-0.05, 0) is 45.4 Å². The molecule has 0 bridgehead atoms. The van der Waals surface area contributed by atoms with Crippen LogP contribution in [0.15, 0.2) is 29.2 Å². The summed E-state index contributed by atoms with van der Waals surface area (Å²) < 4.78 is 26.5. The fourth-order valence-corrected chi connectivity index (χ4v) is 4.40. The summed E-state index contributed by atoms with van der Waals surface area (Å²) in [5.41, 5.74) is 0.476. The Bertz CT molecular complexity index is 760. The van der Waals surface area contributed by atoms with Crippen molar-refractivity contribution in [2.75, 3.05) is 33.7 Å². The minimum absolute atomic E-state index is 0. The summed E-state index contributed by atoms with van der Waals surface area (Å²) in [7, 11) is -0.178. The topological polar surface area (TPSA) is 86.8 Å².